The summed E-state index contributed by atoms with van der Waals surface area (Å²) in [6.45, 7) is 0. The molecule has 1 aromatic carbocycles. The highest BCUT2D eigenvalue weighted by atomic mass is 16.1. The molecule has 3 aromatic heterocycles. The molecule has 0 bridgehead atoms. The van der Waals surface area contributed by atoms with Crippen molar-refractivity contribution in [2.75, 3.05) is 5.32 Å². The molecule has 0 atom stereocenters. The zero-order valence-electron chi connectivity index (χ0n) is 16.8. The highest BCUT2D eigenvalue weighted by Crippen LogP contribution is 2.31. The van der Waals surface area contributed by atoms with Gasteiger partial charge in [0.1, 0.15) is 11.9 Å². The van der Waals surface area contributed by atoms with Crippen LogP contribution in [0.2, 0.25) is 0 Å². The molecule has 3 heterocycles. The van der Waals surface area contributed by atoms with Crippen LogP contribution in [0.5, 0.6) is 0 Å². The summed E-state index contributed by atoms with van der Waals surface area (Å²) >= 11 is 0. The van der Waals surface area contributed by atoms with Gasteiger partial charge in [-0.1, -0.05) is 31.4 Å². The van der Waals surface area contributed by atoms with Crippen LogP contribution >= 0.6 is 0 Å². The minimum absolute atomic E-state index is 0.232. The minimum atomic E-state index is -0.232. The third-order valence-electron chi connectivity index (χ3n) is 5.64. The molecule has 1 aliphatic rings. The number of benzene rings is 1. The van der Waals surface area contributed by atoms with Crippen molar-refractivity contribution >= 4 is 17.2 Å². The summed E-state index contributed by atoms with van der Waals surface area (Å²) in [6, 6.07) is 9.52. The van der Waals surface area contributed by atoms with Crippen LogP contribution in [0.25, 0.3) is 17.0 Å². The number of carbonyl (C=O) groups excluding carboxylic acids is 1. The van der Waals surface area contributed by atoms with E-state index in [-0.39, 0.29) is 5.91 Å². The quantitative estimate of drug-likeness (QED) is 0.561. The number of nitrogens with one attached hydrogen (secondary N) is 1. The summed E-state index contributed by atoms with van der Waals surface area (Å²) in [5.74, 6) is 0.852. The Balaban J connectivity index is 1.41. The lowest BCUT2D eigenvalue weighted by Crippen LogP contribution is -2.13. The van der Waals surface area contributed by atoms with E-state index in [1.54, 1.807) is 21.7 Å². The fraction of sp³-hybridized carbons (Fsp3) is 0.318. The molecule has 152 valence electrons. The summed E-state index contributed by atoms with van der Waals surface area (Å²) in [5.41, 5.74) is 3.63. The number of aromatic nitrogens is 6. The van der Waals surface area contributed by atoms with Crippen LogP contribution in [-0.2, 0) is 7.05 Å². The predicted molar refractivity (Wildman–Crippen MR) is 113 cm³/mol. The van der Waals surface area contributed by atoms with Crippen molar-refractivity contribution in [1.82, 2.24) is 29.4 Å². The zero-order valence-corrected chi connectivity index (χ0v) is 16.8. The average molecular weight is 401 g/mol. The van der Waals surface area contributed by atoms with Crippen LogP contribution in [0.15, 0.2) is 49.1 Å². The number of amides is 1. The van der Waals surface area contributed by atoms with E-state index in [0.717, 1.165) is 24.1 Å². The van der Waals surface area contributed by atoms with E-state index in [2.05, 4.69) is 20.5 Å². The molecule has 1 aliphatic carbocycles. The van der Waals surface area contributed by atoms with Crippen LogP contribution in [0.3, 0.4) is 0 Å². The molecular weight excluding hydrogens is 378 g/mol. The Morgan fingerprint density at radius 3 is 2.83 bits per heavy atom. The summed E-state index contributed by atoms with van der Waals surface area (Å²) in [7, 11) is 1.82. The van der Waals surface area contributed by atoms with Crippen molar-refractivity contribution in [1.29, 1.82) is 0 Å². The largest absolute Gasteiger partial charge is 0.322 e. The van der Waals surface area contributed by atoms with Crippen molar-refractivity contribution in [3.05, 3.63) is 60.3 Å². The highest BCUT2D eigenvalue weighted by Gasteiger charge is 2.20. The molecular formula is C22H23N7O. The van der Waals surface area contributed by atoms with E-state index >= 15 is 0 Å². The first kappa shape index (κ1) is 18.5. The van der Waals surface area contributed by atoms with Gasteiger partial charge in [0.2, 0.25) is 0 Å². The number of nitrogens with zero attached hydrogens (tertiary/aromatic N) is 6. The Kier molecular flexibility index (Phi) is 4.74. The molecule has 1 saturated carbocycles. The lowest BCUT2D eigenvalue weighted by atomic mass is 9.87. The number of fused-ring (bicyclic) bond motifs is 1. The molecule has 8 heteroatoms. The first-order valence-corrected chi connectivity index (χ1v) is 10.3. The topological polar surface area (TPSA) is 90.0 Å². The van der Waals surface area contributed by atoms with Crippen LogP contribution in [0.4, 0.5) is 5.69 Å². The summed E-state index contributed by atoms with van der Waals surface area (Å²) < 4.78 is 3.31. The van der Waals surface area contributed by atoms with Crippen LogP contribution in [0.1, 0.15) is 54.1 Å². The van der Waals surface area contributed by atoms with Gasteiger partial charge >= 0.3 is 0 Å². The second-order valence-corrected chi connectivity index (χ2v) is 7.79. The van der Waals surface area contributed by atoms with Gasteiger partial charge in [-0.05, 0) is 31.0 Å². The highest BCUT2D eigenvalue weighted by molar-refractivity contribution is 6.08. The average Bonchev–Trinajstić information content (AvgIpc) is 3.40. The van der Waals surface area contributed by atoms with Gasteiger partial charge in [0.05, 0.1) is 6.20 Å². The molecule has 1 fully saturated rings. The van der Waals surface area contributed by atoms with Gasteiger partial charge in [0.25, 0.3) is 5.91 Å². The van der Waals surface area contributed by atoms with E-state index in [4.69, 9.17) is 4.98 Å². The zero-order chi connectivity index (χ0) is 20.5. The van der Waals surface area contributed by atoms with Gasteiger partial charge in [-0.15, -0.1) is 0 Å². The van der Waals surface area contributed by atoms with E-state index in [9.17, 15) is 4.79 Å². The number of hydrogen-bond acceptors (Lipinski definition) is 5. The molecule has 1 amide bonds. The van der Waals surface area contributed by atoms with Crippen molar-refractivity contribution in [2.24, 2.45) is 7.05 Å². The standard InChI is InChI=1S/C22H23N7O/c1-28-14-23-20(27-28)16-8-5-9-17(12-16)25-22(30)18-13-24-29-11-10-19(26-21(18)29)15-6-3-2-4-7-15/h5,8-15H,2-4,6-7H2,1H3,(H,25,30). The molecule has 0 unspecified atom stereocenters. The fourth-order valence-electron chi connectivity index (χ4n) is 4.07. The third kappa shape index (κ3) is 3.56. The van der Waals surface area contributed by atoms with Crippen LogP contribution in [-0.4, -0.2) is 35.3 Å². The van der Waals surface area contributed by atoms with E-state index in [1.165, 1.54) is 19.3 Å². The van der Waals surface area contributed by atoms with Crippen molar-refractivity contribution in [2.45, 2.75) is 38.0 Å². The van der Waals surface area contributed by atoms with Gasteiger partial charge < -0.3 is 5.32 Å². The summed E-state index contributed by atoms with van der Waals surface area (Å²) in [5, 5.41) is 11.6. The lowest BCUT2D eigenvalue weighted by Gasteiger charge is -2.20. The smallest absolute Gasteiger partial charge is 0.261 e. The van der Waals surface area contributed by atoms with Gasteiger partial charge in [0.15, 0.2) is 11.5 Å². The Hall–Kier alpha value is -3.55. The van der Waals surface area contributed by atoms with Crippen molar-refractivity contribution in [3.63, 3.8) is 0 Å². The summed E-state index contributed by atoms with van der Waals surface area (Å²) in [4.78, 5) is 22.1. The minimum Gasteiger partial charge on any atom is -0.322 e. The summed E-state index contributed by atoms with van der Waals surface area (Å²) in [6.07, 6.45) is 11.2. The fourth-order valence-corrected chi connectivity index (χ4v) is 4.07. The predicted octanol–water partition coefficient (Wildman–Crippen LogP) is 3.82. The second kappa shape index (κ2) is 7.70. The SMILES string of the molecule is Cn1cnc(-c2cccc(NC(=O)c3cnn4ccc(C5CCCCC5)nc34)c2)n1. The van der Waals surface area contributed by atoms with Crippen molar-refractivity contribution < 1.29 is 4.79 Å². The molecule has 1 N–H and O–H groups in total. The molecule has 0 radical (unpaired) electrons. The molecule has 8 nitrogen and oxygen atoms in total. The van der Waals surface area contributed by atoms with E-state index in [0.29, 0.717) is 28.6 Å². The van der Waals surface area contributed by atoms with Crippen LogP contribution in [0, 0.1) is 0 Å². The normalized spacial score (nSPS) is 14.8. The van der Waals surface area contributed by atoms with Gasteiger partial charge in [-0.25, -0.2) is 14.5 Å². The number of anilines is 1. The molecule has 30 heavy (non-hydrogen) atoms. The maximum atomic E-state index is 13.0. The Morgan fingerprint density at radius 1 is 1.17 bits per heavy atom. The Bertz CT molecular complexity index is 1200. The Labute approximate surface area is 174 Å². The molecule has 0 spiro atoms. The van der Waals surface area contributed by atoms with Crippen LogP contribution < -0.4 is 5.32 Å². The third-order valence-corrected chi connectivity index (χ3v) is 5.64. The van der Waals surface area contributed by atoms with E-state index < -0.39 is 0 Å². The number of hydrogen-bond donors (Lipinski definition) is 1. The number of aryl methyl sites for hydroxylation is 1. The van der Waals surface area contributed by atoms with Crippen molar-refractivity contribution in [3.8, 4) is 11.4 Å². The molecule has 5 rings (SSSR count). The first-order chi connectivity index (χ1) is 14.7. The molecule has 4 aromatic rings. The molecule has 0 saturated heterocycles. The number of rotatable bonds is 4. The molecule has 0 aliphatic heterocycles. The second-order valence-electron chi connectivity index (χ2n) is 7.79. The van der Waals surface area contributed by atoms with Gasteiger partial charge in [0, 0.05) is 36.1 Å². The maximum absolute atomic E-state index is 13.0. The van der Waals surface area contributed by atoms with Gasteiger partial charge in [-0.2, -0.15) is 10.2 Å². The lowest BCUT2D eigenvalue weighted by molar-refractivity contribution is 0.102. The first-order valence-electron chi connectivity index (χ1n) is 10.3. The number of carbonyl (C=O) groups is 1. The van der Waals surface area contributed by atoms with E-state index in [1.807, 2.05) is 43.6 Å². The van der Waals surface area contributed by atoms with Gasteiger partial charge in [-0.3, -0.25) is 9.48 Å². The Morgan fingerprint density at radius 2 is 2.03 bits per heavy atom. The monoisotopic (exact) mass is 401 g/mol. The maximum Gasteiger partial charge on any atom is 0.261 e.